The van der Waals surface area contributed by atoms with Crippen molar-refractivity contribution < 1.29 is 0 Å². The van der Waals surface area contributed by atoms with E-state index in [0.717, 1.165) is 17.6 Å². The molecule has 0 aromatic carbocycles. The molecule has 2 rings (SSSR count). The van der Waals surface area contributed by atoms with E-state index in [1.165, 1.54) is 12.0 Å². The van der Waals surface area contributed by atoms with Gasteiger partial charge in [0, 0.05) is 18.1 Å². The van der Waals surface area contributed by atoms with Gasteiger partial charge in [-0.25, -0.2) is 9.67 Å². The highest BCUT2D eigenvalue weighted by Crippen LogP contribution is 2.11. The van der Waals surface area contributed by atoms with Crippen LogP contribution in [0.25, 0.3) is 11.0 Å². The Balaban J connectivity index is 0.000000337. The van der Waals surface area contributed by atoms with Crippen molar-refractivity contribution in [3.8, 4) is 0 Å². The Hall–Kier alpha value is -1.38. The third-order valence-corrected chi connectivity index (χ3v) is 1.91. The van der Waals surface area contributed by atoms with Crippen LogP contribution in [0.1, 0.15) is 32.8 Å². The first-order chi connectivity index (χ1) is 7.22. The number of aromatic nitrogens is 3. The average molecular weight is 205 g/mol. The summed E-state index contributed by atoms with van der Waals surface area (Å²) in [6.45, 7) is 9.23. The number of rotatable bonds is 1. The molecule has 0 aliphatic heterocycles. The van der Waals surface area contributed by atoms with E-state index >= 15 is 0 Å². The van der Waals surface area contributed by atoms with Gasteiger partial charge >= 0.3 is 0 Å². The van der Waals surface area contributed by atoms with Gasteiger partial charge in [-0.05, 0) is 25.5 Å². The van der Waals surface area contributed by atoms with Crippen LogP contribution in [0, 0.1) is 6.92 Å². The van der Waals surface area contributed by atoms with Crippen molar-refractivity contribution in [2.45, 2.75) is 40.7 Å². The fraction of sp³-hybridized carbons (Fsp3) is 0.500. The first-order valence-corrected chi connectivity index (χ1v) is 5.51. The molecule has 0 N–H and O–H groups in total. The van der Waals surface area contributed by atoms with Gasteiger partial charge in [-0.2, -0.15) is 5.10 Å². The fourth-order valence-corrected chi connectivity index (χ4v) is 1.31. The van der Waals surface area contributed by atoms with Gasteiger partial charge in [-0.15, -0.1) is 0 Å². The minimum atomic E-state index is 0.875. The third kappa shape index (κ3) is 2.78. The second-order valence-corrected chi connectivity index (χ2v) is 3.59. The first-order valence-electron chi connectivity index (χ1n) is 5.51. The zero-order valence-corrected chi connectivity index (χ0v) is 9.99. The molecule has 0 unspecified atom stereocenters. The molecule has 0 fully saturated rings. The van der Waals surface area contributed by atoms with E-state index in [1.54, 1.807) is 0 Å². The van der Waals surface area contributed by atoms with E-state index in [4.69, 9.17) is 0 Å². The molecule has 2 heterocycles. The van der Waals surface area contributed by atoms with Gasteiger partial charge < -0.3 is 0 Å². The smallest absolute Gasteiger partial charge is 0.157 e. The van der Waals surface area contributed by atoms with Crippen molar-refractivity contribution >= 4 is 11.0 Å². The number of nitrogens with zero attached hydrogens (tertiary/aromatic N) is 3. The molecule has 82 valence electrons. The van der Waals surface area contributed by atoms with Gasteiger partial charge in [0.2, 0.25) is 0 Å². The first kappa shape index (κ1) is 11.7. The second kappa shape index (κ2) is 5.49. The Morgan fingerprint density at radius 3 is 2.47 bits per heavy atom. The summed E-state index contributed by atoms with van der Waals surface area (Å²) in [5.74, 6) is 0. The Morgan fingerprint density at radius 1 is 1.20 bits per heavy atom. The standard InChI is InChI=1S/C9H11N3.C3H8/c1-3-12-9-8(6-11-12)4-7(2)5-10-9;1-3-2/h4-6H,3H2,1-2H3;3H2,1-2H3. The van der Waals surface area contributed by atoms with Crippen LogP contribution in [0.5, 0.6) is 0 Å². The molecule has 0 saturated carbocycles. The Labute approximate surface area is 91.1 Å². The van der Waals surface area contributed by atoms with Crippen LogP contribution in [-0.2, 0) is 6.54 Å². The maximum atomic E-state index is 4.31. The molecule has 0 aliphatic rings. The summed E-state index contributed by atoms with van der Waals surface area (Å²) in [6.07, 6.45) is 4.98. The van der Waals surface area contributed by atoms with E-state index < -0.39 is 0 Å². The van der Waals surface area contributed by atoms with Crippen molar-refractivity contribution in [1.29, 1.82) is 0 Å². The van der Waals surface area contributed by atoms with Crippen LogP contribution < -0.4 is 0 Å². The molecule has 0 radical (unpaired) electrons. The number of aryl methyl sites for hydroxylation is 2. The van der Waals surface area contributed by atoms with E-state index in [1.807, 2.05) is 24.0 Å². The average Bonchev–Trinajstić information content (AvgIpc) is 2.61. The van der Waals surface area contributed by atoms with Crippen molar-refractivity contribution in [3.63, 3.8) is 0 Å². The summed E-state index contributed by atoms with van der Waals surface area (Å²) in [7, 11) is 0. The molecule has 0 aliphatic carbocycles. The molecule has 0 amide bonds. The maximum Gasteiger partial charge on any atom is 0.157 e. The molecular weight excluding hydrogens is 186 g/mol. The Morgan fingerprint density at radius 2 is 1.87 bits per heavy atom. The van der Waals surface area contributed by atoms with Crippen molar-refractivity contribution in [2.24, 2.45) is 0 Å². The fourth-order valence-electron chi connectivity index (χ4n) is 1.31. The largest absolute Gasteiger partial charge is 0.248 e. The minimum absolute atomic E-state index is 0.875. The highest BCUT2D eigenvalue weighted by molar-refractivity contribution is 5.74. The zero-order valence-electron chi connectivity index (χ0n) is 9.99. The molecular formula is C12H19N3. The summed E-state index contributed by atoms with van der Waals surface area (Å²) < 4.78 is 1.90. The number of fused-ring (bicyclic) bond motifs is 1. The van der Waals surface area contributed by atoms with Gasteiger partial charge in [0.1, 0.15) is 0 Å². The van der Waals surface area contributed by atoms with Crippen molar-refractivity contribution in [2.75, 3.05) is 0 Å². The van der Waals surface area contributed by atoms with Gasteiger partial charge in [-0.3, -0.25) is 0 Å². The summed E-state index contributed by atoms with van der Waals surface area (Å²) in [5.41, 5.74) is 2.15. The van der Waals surface area contributed by atoms with Crippen LogP contribution in [0.4, 0.5) is 0 Å². The number of pyridine rings is 1. The lowest BCUT2D eigenvalue weighted by Crippen LogP contribution is -1.96. The lowest BCUT2D eigenvalue weighted by molar-refractivity contribution is 0.676. The summed E-state index contributed by atoms with van der Waals surface area (Å²) in [5, 5.41) is 5.33. The lowest BCUT2D eigenvalue weighted by Gasteiger charge is -1.96. The van der Waals surface area contributed by atoms with Crippen LogP contribution in [0.2, 0.25) is 0 Å². The minimum Gasteiger partial charge on any atom is -0.248 e. The quantitative estimate of drug-likeness (QED) is 0.716. The Bertz CT molecular complexity index is 418. The van der Waals surface area contributed by atoms with E-state index in [0.29, 0.717) is 0 Å². The summed E-state index contributed by atoms with van der Waals surface area (Å²) in [4.78, 5) is 4.31. The van der Waals surface area contributed by atoms with Crippen molar-refractivity contribution in [1.82, 2.24) is 14.8 Å². The van der Waals surface area contributed by atoms with E-state index in [9.17, 15) is 0 Å². The van der Waals surface area contributed by atoms with Gasteiger partial charge in [-0.1, -0.05) is 20.3 Å². The molecule has 3 heteroatoms. The highest BCUT2D eigenvalue weighted by atomic mass is 15.3. The number of hydrogen-bond donors (Lipinski definition) is 0. The molecule has 2 aromatic rings. The van der Waals surface area contributed by atoms with Crippen LogP contribution in [0.15, 0.2) is 18.5 Å². The topological polar surface area (TPSA) is 30.7 Å². The molecule has 0 bridgehead atoms. The monoisotopic (exact) mass is 205 g/mol. The molecule has 0 atom stereocenters. The predicted molar refractivity (Wildman–Crippen MR) is 63.9 cm³/mol. The van der Waals surface area contributed by atoms with E-state index in [-0.39, 0.29) is 0 Å². The normalized spacial score (nSPS) is 9.87. The van der Waals surface area contributed by atoms with Gasteiger partial charge in [0.25, 0.3) is 0 Å². The lowest BCUT2D eigenvalue weighted by atomic mass is 10.3. The zero-order chi connectivity index (χ0) is 11.3. The SMILES string of the molecule is CCC.CCn1ncc2cc(C)cnc21. The van der Waals surface area contributed by atoms with Crippen LogP contribution in [0.3, 0.4) is 0 Å². The van der Waals surface area contributed by atoms with Crippen molar-refractivity contribution in [3.05, 3.63) is 24.0 Å². The molecule has 0 spiro atoms. The molecule has 0 saturated heterocycles. The van der Waals surface area contributed by atoms with E-state index in [2.05, 4.69) is 36.9 Å². The predicted octanol–water partition coefficient (Wildman–Crippen LogP) is 3.18. The third-order valence-electron chi connectivity index (χ3n) is 1.91. The molecule has 2 aromatic heterocycles. The second-order valence-electron chi connectivity index (χ2n) is 3.59. The summed E-state index contributed by atoms with van der Waals surface area (Å²) in [6, 6.07) is 2.10. The van der Waals surface area contributed by atoms with Crippen LogP contribution in [-0.4, -0.2) is 14.8 Å². The molecule has 3 nitrogen and oxygen atoms in total. The van der Waals surface area contributed by atoms with Crippen LogP contribution >= 0.6 is 0 Å². The molecule has 15 heavy (non-hydrogen) atoms. The van der Waals surface area contributed by atoms with Gasteiger partial charge in [0.15, 0.2) is 5.65 Å². The highest BCUT2D eigenvalue weighted by Gasteiger charge is 2.00. The Kier molecular flexibility index (Phi) is 4.28. The van der Waals surface area contributed by atoms with Gasteiger partial charge in [0.05, 0.1) is 6.20 Å². The maximum absolute atomic E-state index is 4.31. The summed E-state index contributed by atoms with van der Waals surface area (Å²) >= 11 is 0. The number of hydrogen-bond acceptors (Lipinski definition) is 2.